The van der Waals surface area contributed by atoms with Crippen LogP contribution in [0.15, 0.2) is 30.3 Å². The van der Waals surface area contributed by atoms with Crippen molar-refractivity contribution in [3.8, 4) is 22.9 Å². The van der Waals surface area contributed by atoms with E-state index in [0.717, 1.165) is 11.0 Å². The number of para-hydroxylation sites is 1. The number of aromatic hydroxyl groups is 1. The number of hydrogen-bond acceptors (Lipinski definition) is 3. The summed E-state index contributed by atoms with van der Waals surface area (Å²) in [5.74, 6) is 1.18. The molecule has 3 rings (SSSR count). The summed E-state index contributed by atoms with van der Waals surface area (Å²) in [5, 5.41) is 10.2. The average molecular weight is 268 g/mol. The van der Waals surface area contributed by atoms with E-state index in [-0.39, 0.29) is 5.75 Å². The van der Waals surface area contributed by atoms with Crippen molar-refractivity contribution >= 4 is 11.0 Å². The zero-order valence-corrected chi connectivity index (χ0v) is 11.7. The smallest absolute Gasteiger partial charge is 0.168 e. The molecular formula is C16H16N2O2. The second kappa shape index (κ2) is 4.56. The molecule has 102 valence electrons. The van der Waals surface area contributed by atoms with Gasteiger partial charge in [-0.1, -0.05) is 6.07 Å². The van der Waals surface area contributed by atoms with Gasteiger partial charge in [0.1, 0.15) is 5.82 Å². The first kappa shape index (κ1) is 12.5. The van der Waals surface area contributed by atoms with E-state index in [1.165, 1.54) is 18.2 Å². The Kier molecular flexibility index (Phi) is 2.86. The van der Waals surface area contributed by atoms with Crippen LogP contribution in [-0.4, -0.2) is 22.2 Å². The largest absolute Gasteiger partial charge is 0.504 e. The van der Waals surface area contributed by atoms with Gasteiger partial charge >= 0.3 is 0 Å². The molecule has 2 N–H and O–H groups in total. The van der Waals surface area contributed by atoms with Crippen molar-refractivity contribution < 1.29 is 9.84 Å². The molecule has 0 aliphatic heterocycles. The van der Waals surface area contributed by atoms with Crippen molar-refractivity contribution in [2.45, 2.75) is 13.8 Å². The average Bonchev–Trinajstić information content (AvgIpc) is 2.82. The normalized spacial score (nSPS) is 10.9. The highest BCUT2D eigenvalue weighted by atomic mass is 16.5. The molecule has 0 spiro atoms. The number of rotatable bonds is 2. The molecule has 0 fully saturated rings. The number of aromatic amines is 1. The second-order valence-electron chi connectivity index (χ2n) is 4.90. The maximum atomic E-state index is 10.2. The number of imidazole rings is 1. The zero-order chi connectivity index (χ0) is 14.3. The van der Waals surface area contributed by atoms with E-state index in [2.05, 4.69) is 29.9 Å². The number of phenolic OH excluding ortho intramolecular Hbond substituents is 1. The summed E-state index contributed by atoms with van der Waals surface area (Å²) in [7, 11) is 1.53. The number of benzene rings is 2. The number of H-pyrrole nitrogens is 1. The first-order valence-electron chi connectivity index (χ1n) is 6.43. The fourth-order valence-electron chi connectivity index (χ4n) is 2.28. The van der Waals surface area contributed by atoms with Gasteiger partial charge in [0.25, 0.3) is 0 Å². The Morgan fingerprint density at radius 3 is 2.65 bits per heavy atom. The lowest BCUT2D eigenvalue weighted by Crippen LogP contribution is -1.87. The van der Waals surface area contributed by atoms with Crippen LogP contribution < -0.4 is 4.74 Å². The minimum Gasteiger partial charge on any atom is -0.504 e. The predicted molar refractivity (Wildman–Crippen MR) is 79.2 cm³/mol. The number of hydrogen-bond donors (Lipinski definition) is 2. The molecule has 20 heavy (non-hydrogen) atoms. The molecule has 0 amide bonds. The van der Waals surface area contributed by atoms with Gasteiger partial charge in [0, 0.05) is 0 Å². The fraction of sp³-hybridized carbons (Fsp3) is 0.188. The first-order chi connectivity index (χ1) is 9.60. The molecule has 0 atom stereocenters. The van der Waals surface area contributed by atoms with Gasteiger partial charge in [-0.3, -0.25) is 0 Å². The van der Waals surface area contributed by atoms with Crippen molar-refractivity contribution in [3.05, 3.63) is 41.5 Å². The monoisotopic (exact) mass is 268 g/mol. The molecule has 0 saturated heterocycles. The summed E-state index contributed by atoms with van der Waals surface area (Å²) < 4.78 is 5.13. The highest BCUT2D eigenvalue weighted by Gasteiger charge is 2.13. The van der Waals surface area contributed by atoms with E-state index in [9.17, 15) is 5.11 Å². The second-order valence-corrected chi connectivity index (χ2v) is 4.90. The number of ether oxygens (including phenoxy) is 1. The summed E-state index contributed by atoms with van der Waals surface area (Å²) >= 11 is 0. The SMILES string of the molecule is COc1cccc(-c2nc3cc(C)c(C)cc3[nH]2)c1O. The lowest BCUT2D eigenvalue weighted by Gasteiger charge is -2.06. The summed E-state index contributed by atoms with van der Waals surface area (Å²) in [4.78, 5) is 7.80. The summed E-state index contributed by atoms with van der Waals surface area (Å²) in [6.07, 6.45) is 0. The first-order valence-corrected chi connectivity index (χ1v) is 6.43. The Labute approximate surface area is 117 Å². The Morgan fingerprint density at radius 2 is 1.90 bits per heavy atom. The van der Waals surface area contributed by atoms with E-state index < -0.39 is 0 Å². The van der Waals surface area contributed by atoms with Gasteiger partial charge in [0.05, 0.1) is 23.7 Å². The molecule has 4 nitrogen and oxygen atoms in total. The molecule has 3 aromatic rings. The van der Waals surface area contributed by atoms with Crippen LogP contribution in [0.25, 0.3) is 22.4 Å². The van der Waals surface area contributed by atoms with Gasteiger partial charge in [0.2, 0.25) is 0 Å². The molecule has 2 aromatic carbocycles. The van der Waals surface area contributed by atoms with Crippen LogP contribution in [-0.2, 0) is 0 Å². The topological polar surface area (TPSA) is 58.1 Å². The van der Waals surface area contributed by atoms with E-state index in [1.807, 2.05) is 18.2 Å². The zero-order valence-electron chi connectivity index (χ0n) is 11.7. The van der Waals surface area contributed by atoms with Crippen molar-refractivity contribution in [1.82, 2.24) is 9.97 Å². The van der Waals surface area contributed by atoms with Crippen LogP contribution in [0, 0.1) is 13.8 Å². The summed E-state index contributed by atoms with van der Waals surface area (Å²) in [5.41, 5.74) is 4.90. The van der Waals surface area contributed by atoms with Crippen molar-refractivity contribution in [1.29, 1.82) is 0 Å². The minimum absolute atomic E-state index is 0.0995. The molecular weight excluding hydrogens is 252 g/mol. The van der Waals surface area contributed by atoms with Crippen molar-refractivity contribution in [2.24, 2.45) is 0 Å². The van der Waals surface area contributed by atoms with Crippen LogP contribution in [0.3, 0.4) is 0 Å². The number of nitrogens with one attached hydrogen (secondary N) is 1. The number of nitrogens with zero attached hydrogens (tertiary/aromatic N) is 1. The van der Waals surface area contributed by atoms with Crippen LogP contribution in [0.1, 0.15) is 11.1 Å². The number of phenols is 1. The van der Waals surface area contributed by atoms with Crippen LogP contribution in [0.4, 0.5) is 0 Å². The lowest BCUT2D eigenvalue weighted by molar-refractivity contribution is 0.374. The molecule has 0 aliphatic rings. The molecule has 0 aliphatic carbocycles. The van der Waals surface area contributed by atoms with E-state index in [0.29, 0.717) is 17.1 Å². The molecule has 0 saturated carbocycles. The van der Waals surface area contributed by atoms with E-state index in [1.54, 1.807) is 6.07 Å². The predicted octanol–water partition coefficient (Wildman–Crippen LogP) is 3.56. The Morgan fingerprint density at radius 1 is 1.15 bits per heavy atom. The van der Waals surface area contributed by atoms with Gasteiger partial charge in [-0.25, -0.2) is 4.98 Å². The number of aromatic nitrogens is 2. The Bertz CT molecular complexity index is 752. The maximum Gasteiger partial charge on any atom is 0.168 e. The van der Waals surface area contributed by atoms with Crippen LogP contribution in [0.2, 0.25) is 0 Å². The molecule has 4 heteroatoms. The van der Waals surface area contributed by atoms with Crippen molar-refractivity contribution in [2.75, 3.05) is 7.11 Å². The number of methoxy groups -OCH3 is 1. The Balaban J connectivity index is 2.20. The minimum atomic E-state index is 0.0995. The highest BCUT2D eigenvalue weighted by Crippen LogP contribution is 2.36. The van der Waals surface area contributed by atoms with Gasteiger partial charge in [0.15, 0.2) is 11.5 Å². The maximum absolute atomic E-state index is 10.2. The number of fused-ring (bicyclic) bond motifs is 1. The molecule has 1 heterocycles. The van der Waals surface area contributed by atoms with Gasteiger partial charge in [-0.2, -0.15) is 0 Å². The number of aryl methyl sites for hydroxylation is 2. The Hall–Kier alpha value is -2.49. The molecule has 0 radical (unpaired) electrons. The quantitative estimate of drug-likeness (QED) is 0.747. The standard InChI is InChI=1S/C16H16N2O2/c1-9-7-12-13(8-10(9)2)18-16(17-12)11-5-4-6-14(20-3)15(11)19/h4-8,19H,1-3H3,(H,17,18). The third-order valence-corrected chi connectivity index (χ3v) is 3.57. The van der Waals surface area contributed by atoms with E-state index in [4.69, 9.17) is 4.74 Å². The van der Waals surface area contributed by atoms with Crippen LogP contribution in [0.5, 0.6) is 11.5 Å². The third kappa shape index (κ3) is 1.90. The summed E-state index contributed by atoms with van der Waals surface area (Å²) in [6.45, 7) is 4.13. The molecule has 1 aromatic heterocycles. The van der Waals surface area contributed by atoms with Gasteiger partial charge < -0.3 is 14.8 Å². The summed E-state index contributed by atoms with van der Waals surface area (Å²) in [6, 6.07) is 9.48. The molecule has 0 bridgehead atoms. The third-order valence-electron chi connectivity index (χ3n) is 3.57. The molecule has 0 unspecified atom stereocenters. The highest BCUT2D eigenvalue weighted by molar-refractivity contribution is 5.82. The van der Waals surface area contributed by atoms with Gasteiger partial charge in [-0.15, -0.1) is 0 Å². The van der Waals surface area contributed by atoms with Gasteiger partial charge in [-0.05, 0) is 49.2 Å². The van der Waals surface area contributed by atoms with E-state index >= 15 is 0 Å². The van der Waals surface area contributed by atoms with Crippen LogP contribution >= 0.6 is 0 Å². The lowest BCUT2D eigenvalue weighted by atomic mass is 10.1. The fourth-order valence-corrected chi connectivity index (χ4v) is 2.28. The van der Waals surface area contributed by atoms with Crippen molar-refractivity contribution in [3.63, 3.8) is 0 Å².